The number of imidazole rings is 1. The molecule has 2 atom stereocenters. The topological polar surface area (TPSA) is 71.8 Å². The average Bonchev–Trinajstić information content (AvgIpc) is 2.71. The van der Waals surface area contributed by atoms with Gasteiger partial charge in [0.1, 0.15) is 0 Å². The highest BCUT2D eigenvalue weighted by Gasteiger charge is 2.12. The Morgan fingerprint density at radius 2 is 2.29 bits per heavy atom. The third-order valence-corrected chi connectivity index (χ3v) is 4.33. The minimum atomic E-state index is -1.06. The highest BCUT2D eigenvalue weighted by molar-refractivity contribution is 7.84. The largest absolute Gasteiger partial charge is 0.399 e. The molecule has 0 amide bonds. The van der Waals surface area contributed by atoms with Gasteiger partial charge < -0.3 is 10.7 Å². The van der Waals surface area contributed by atoms with Crippen LogP contribution in [0.3, 0.4) is 0 Å². The molecule has 2 rings (SSSR count). The Balaban J connectivity index is 2.27. The first-order valence-corrected chi connectivity index (χ1v) is 7.05. The molecule has 2 aromatic rings. The predicted octanol–water partition coefficient (Wildman–Crippen LogP) is 2.30. The van der Waals surface area contributed by atoms with Crippen LogP contribution in [0.25, 0.3) is 11.0 Å². The maximum atomic E-state index is 12.1. The SMILES string of the molecule is CCC(C)CS(=O)c1nc2ccc(N)cc2[nH]1. The molecular weight excluding hydrogens is 234 g/mol. The van der Waals surface area contributed by atoms with E-state index < -0.39 is 10.8 Å². The highest BCUT2D eigenvalue weighted by atomic mass is 32.2. The summed E-state index contributed by atoms with van der Waals surface area (Å²) in [6.07, 6.45) is 1.03. The molecule has 1 aromatic heterocycles. The molecule has 3 N–H and O–H groups in total. The van der Waals surface area contributed by atoms with E-state index in [4.69, 9.17) is 5.73 Å². The van der Waals surface area contributed by atoms with Crippen LogP contribution in [0.1, 0.15) is 20.3 Å². The lowest BCUT2D eigenvalue weighted by Crippen LogP contribution is -2.08. The Kier molecular flexibility index (Phi) is 3.47. The number of hydrogen-bond acceptors (Lipinski definition) is 3. The fourth-order valence-electron chi connectivity index (χ4n) is 1.57. The molecule has 0 aliphatic rings. The molecule has 5 heteroatoms. The lowest BCUT2D eigenvalue weighted by molar-refractivity contribution is 0.613. The van der Waals surface area contributed by atoms with Crippen molar-refractivity contribution in [1.82, 2.24) is 9.97 Å². The van der Waals surface area contributed by atoms with Crippen LogP contribution in [0, 0.1) is 5.92 Å². The van der Waals surface area contributed by atoms with E-state index in [0.29, 0.717) is 22.5 Å². The summed E-state index contributed by atoms with van der Waals surface area (Å²) in [6.45, 7) is 4.19. The maximum Gasteiger partial charge on any atom is 0.197 e. The van der Waals surface area contributed by atoms with Gasteiger partial charge in [0, 0.05) is 11.4 Å². The second-order valence-electron chi connectivity index (χ2n) is 4.34. The van der Waals surface area contributed by atoms with Crippen molar-refractivity contribution < 1.29 is 4.21 Å². The van der Waals surface area contributed by atoms with Gasteiger partial charge in [0.25, 0.3) is 0 Å². The van der Waals surface area contributed by atoms with Crippen LogP contribution in [-0.4, -0.2) is 19.9 Å². The monoisotopic (exact) mass is 251 g/mol. The molecule has 0 radical (unpaired) electrons. The molecule has 1 heterocycles. The Hall–Kier alpha value is -1.36. The van der Waals surface area contributed by atoms with E-state index in [9.17, 15) is 4.21 Å². The van der Waals surface area contributed by atoms with E-state index in [1.807, 2.05) is 12.1 Å². The Bertz CT molecular complexity index is 550. The van der Waals surface area contributed by atoms with E-state index in [0.717, 1.165) is 17.5 Å². The van der Waals surface area contributed by atoms with Crippen molar-refractivity contribution >= 4 is 27.5 Å². The number of nitrogens with zero attached hydrogens (tertiary/aromatic N) is 1. The van der Waals surface area contributed by atoms with Crippen LogP contribution in [0.2, 0.25) is 0 Å². The van der Waals surface area contributed by atoms with E-state index in [2.05, 4.69) is 23.8 Å². The zero-order chi connectivity index (χ0) is 12.4. The molecule has 4 nitrogen and oxygen atoms in total. The van der Waals surface area contributed by atoms with Gasteiger partial charge in [-0.25, -0.2) is 4.98 Å². The van der Waals surface area contributed by atoms with Crippen molar-refractivity contribution in [2.45, 2.75) is 25.4 Å². The minimum Gasteiger partial charge on any atom is -0.399 e. The summed E-state index contributed by atoms with van der Waals surface area (Å²) >= 11 is 0. The summed E-state index contributed by atoms with van der Waals surface area (Å²) in [7, 11) is -1.06. The molecule has 2 unspecified atom stereocenters. The third-order valence-electron chi connectivity index (χ3n) is 2.83. The van der Waals surface area contributed by atoms with Crippen molar-refractivity contribution in [3.8, 4) is 0 Å². The van der Waals surface area contributed by atoms with Gasteiger partial charge in [-0.05, 0) is 24.1 Å². The number of aromatic amines is 1. The van der Waals surface area contributed by atoms with E-state index in [-0.39, 0.29) is 0 Å². The Morgan fingerprint density at radius 3 is 3.00 bits per heavy atom. The number of nitrogens with two attached hydrogens (primary N) is 1. The van der Waals surface area contributed by atoms with Crippen LogP contribution in [0.15, 0.2) is 23.4 Å². The molecule has 0 saturated heterocycles. The molecule has 92 valence electrons. The first-order valence-electron chi connectivity index (χ1n) is 5.73. The molecule has 1 aromatic carbocycles. The molecule has 0 bridgehead atoms. The van der Waals surface area contributed by atoms with Crippen LogP contribution in [0.5, 0.6) is 0 Å². The number of nitrogen functional groups attached to an aromatic ring is 1. The minimum absolute atomic E-state index is 0.439. The lowest BCUT2D eigenvalue weighted by atomic mass is 10.2. The first-order chi connectivity index (χ1) is 8.10. The first kappa shape index (κ1) is 12.1. The van der Waals surface area contributed by atoms with Crippen molar-refractivity contribution in [3.05, 3.63) is 18.2 Å². The zero-order valence-electron chi connectivity index (χ0n) is 10.1. The molecule has 0 aliphatic carbocycles. The van der Waals surface area contributed by atoms with Crippen molar-refractivity contribution in [1.29, 1.82) is 0 Å². The second-order valence-corrected chi connectivity index (χ2v) is 5.76. The standard InChI is InChI=1S/C12H17N3OS/c1-3-8(2)7-17(16)12-14-10-5-4-9(13)6-11(10)15-12/h4-6,8H,3,7,13H2,1-2H3,(H,14,15). The quantitative estimate of drug-likeness (QED) is 0.819. The van der Waals surface area contributed by atoms with Gasteiger partial charge >= 0.3 is 0 Å². The number of aromatic nitrogens is 2. The zero-order valence-corrected chi connectivity index (χ0v) is 10.9. The number of nitrogens with one attached hydrogen (secondary N) is 1. The van der Waals surface area contributed by atoms with Crippen molar-refractivity contribution in [3.63, 3.8) is 0 Å². The fraction of sp³-hybridized carbons (Fsp3) is 0.417. The van der Waals surface area contributed by atoms with Crippen LogP contribution >= 0.6 is 0 Å². The van der Waals surface area contributed by atoms with Crippen LogP contribution < -0.4 is 5.73 Å². The number of anilines is 1. The summed E-state index contributed by atoms with van der Waals surface area (Å²) in [5.74, 6) is 1.08. The van der Waals surface area contributed by atoms with Crippen LogP contribution in [0.4, 0.5) is 5.69 Å². The lowest BCUT2D eigenvalue weighted by Gasteiger charge is -2.05. The molecule has 0 spiro atoms. The summed E-state index contributed by atoms with van der Waals surface area (Å²) in [5.41, 5.74) is 8.03. The van der Waals surface area contributed by atoms with Gasteiger partial charge in [-0.2, -0.15) is 0 Å². The van der Waals surface area contributed by atoms with Gasteiger partial charge in [-0.3, -0.25) is 4.21 Å². The smallest absolute Gasteiger partial charge is 0.197 e. The molecule has 0 saturated carbocycles. The predicted molar refractivity (Wildman–Crippen MR) is 71.2 cm³/mol. The second kappa shape index (κ2) is 4.87. The van der Waals surface area contributed by atoms with Crippen molar-refractivity contribution in [2.24, 2.45) is 5.92 Å². The van der Waals surface area contributed by atoms with E-state index in [1.54, 1.807) is 6.07 Å². The molecule has 0 fully saturated rings. The Labute approximate surface area is 103 Å². The summed E-state index contributed by atoms with van der Waals surface area (Å²) < 4.78 is 12.1. The molecular formula is C12H17N3OS. The van der Waals surface area contributed by atoms with Gasteiger partial charge in [0.2, 0.25) is 0 Å². The summed E-state index contributed by atoms with van der Waals surface area (Å²) in [4.78, 5) is 7.40. The van der Waals surface area contributed by atoms with E-state index in [1.165, 1.54) is 0 Å². The normalized spacial score (nSPS) is 14.9. The van der Waals surface area contributed by atoms with Gasteiger partial charge in [0.05, 0.1) is 21.8 Å². The number of benzene rings is 1. The Morgan fingerprint density at radius 1 is 1.53 bits per heavy atom. The third kappa shape index (κ3) is 2.66. The fourth-order valence-corrected chi connectivity index (χ4v) is 2.90. The maximum absolute atomic E-state index is 12.1. The molecule has 0 aliphatic heterocycles. The van der Waals surface area contributed by atoms with Gasteiger partial charge in [0.15, 0.2) is 5.16 Å². The van der Waals surface area contributed by atoms with Gasteiger partial charge in [-0.1, -0.05) is 20.3 Å². The summed E-state index contributed by atoms with van der Waals surface area (Å²) in [5, 5.41) is 0.547. The molecule has 17 heavy (non-hydrogen) atoms. The van der Waals surface area contributed by atoms with E-state index >= 15 is 0 Å². The number of H-pyrrole nitrogens is 1. The number of fused-ring (bicyclic) bond motifs is 1. The van der Waals surface area contributed by atoms with Gasteiger partial charge in [-0.15, -0.1) is 0 Å². The number of hydrogen-bond donors (Lipinski definition) is 2. The summed E-state index contributed by atoms with van der Waals surface area (Å²) in [6, 6.07) is 5.45. The average molecular weight is 251 g/mol. The van der Waals surface area contributed by atoms with Crippen molar-refractivity contribution in [2.75, 3.05) is 11.5 Å². The highest BCUT2D eigenvalue weighted by Crippen LogP contribution is 2.17. The van der Waals surface area contributed by atoms with Crippen LogP contribution in [-0.2, 0) is 10.8 Å². The number of rotatable bonds is 4.